The van der Waals surface area contributed by atoms with Crippen LogP contribution in [0.1, 0.15) is 22.7 Å². The molecule has 1 unspecified atom stereocenters. The molecule has 1 atom stereocenters. The number of aryl methyl sites for hydroxylation is 1. The molecule has 0 aliphatic carbocycles. The van der Waals surface area contributed by atoms with E-state index in [2.05, 4.69) is 15.0 Å². The number of pyridine rings is 1. The lowest BCUT2D eigenvalue weighted by atomic mass is 9.96. The largest absolute Gasteiger partial charge is 0.383 e. The monoisotopic (exact) mass is 265 g/mol. The Morgan fingerprint density at radius 1 is 0.950 bits per heavy atom. The van der Waals surface area contributed by atoms with E-state index in [1.165, 1.54) is 0 Å². The van der Waals surface area contributed by atoms with Crippen LogP contribution in [-0.4, -0.2) is 15.0 Å². The van der Waals surface area contributed by atoms with Crippen LogP contribution in [0.2, 0.25) is 0 Å². The standard InChI is InChI=1S/C15H15N5/c1-9-4-5-20-15(17)13(9)14(16)10-2-3-11-12(8-10)19-7-6-18-11/h2-8,14H,16H2,1H3,(H2,17,20). The summed E-state index contributed by atoms with van der Waals surface area (Å²) in [6.45, 7) is 1.98. The molecule has 0 saturated heterocycles. The lowest BCUT2D eigenvalue weighted by Gasteiger charge is -2.17. The van der Waals surface area contributed by atoms with Gasteiger partial charge in [-0.15, -0.1) is 0 Å². The third-order valence-corrected chi connectivity index (χ3v) is 3.40. The average Bonchev–Trinajstić information content (AvgIpc) is 2.46. The summed E-state index contributed by atoms with van der Waals surface area (Å²) >= 11 is 0. The molecule has 0 spiro atoms. The number of rotatable bonds is 2. The van der Waals surface area contributed by atoms with Crippen molar-refractivity contribution in [3.05, 3.63) is 59.5 Å². The second kappa shape index (κ2) is 4.86. The molecule has 2 heterocycles. The Hall–Kier alpha value is -2.53. The highest BCUT2D eigenvalue weighted by molar-refractivity contribution is 5.75. The predicted molar refractivity (Wildman–Crippen MR) is 79.0 cm³/mol. The van der Waals surface area contributed by atoms with E-state index in [4.69, 9.17) is 11.5 Å². The minimum atomic E-state index is -0.324. The van der Waals surface area contributed by atoms with Crippen LogP contribution in [0.3, 0.4) is 0 Å². The summed E-state index contributed by atoms with van der Waals surface area (Å²) in [6.07, 6.45) is 5.03. The SMILES string of the molecule is Cc1ccnc(N)c1C(N)c1ccc2nccnc2c1. The Kier molecular flexibility index (Phi) is 3.04. The summed E-state index contributed by atoms with van der Waals surface area (Å²) in [4.78, 5) is 12.7. The minimum absolute atomic E-state index is 0.324. The van der Waals surface area contributed by atoms with Gasteiger partial charge in [0.05, 0.1) is 17.1 Å². The van der Waals surface area contributed by atoms with E-state index >= 15 is 0 Å². The number of hydrogen-bond donors (Lipinski definition) is 2. The van der Waals surface area contributed by atoms with Gasteiger partial charge in [-0.05, 0) is 36.2 Å². The highest BCUT2D eigenvalue weighted by Gasteiger charge is 2.16. The molecule has 5 nitrogen and oxygen atoms in total. The molecular weight excluding hydrogens is 250 g/mol. The van der Waals surface area contributed by atoms with Gasteiger partial charge in [-0.3, -0.25) is 9.97 Å². The molecule has 5 heteroatoms. The van der Waals surface area contributed by atoms with Crippen molar-refractivity contribution in [3.8, 4) is 0 Å². The van der Waals surface area contributed by atoms with E-state index < -0.39 is 0 Å². The zero-order valence-corrected chi connectivity index (χ0v) is 11.1. The summed E-state index contributed by atoms with van der Waals surface area (Å²) in [5.74, 6) is 0.469. The molecule has 0 amide bonds. The Labute approximate surface area is 116 Å². The van der Waals surface area contributed by atoms with Crippen LogP contribution in [0.15, 0.2) is 42.9 Å². The molecule has 3 aromatic rings. The van der Waals surface area contributed by atoms with E-state index in [9.17, 15) is 0 Å². The first-order valence-corrected chi connectivity index (χ1v) is 6.34. The van der Waals surface area contributed by atoms with E-state index in [1.807, 2.05) is 31.2 Å². The van der Waals surface area contributed by atoms with Gasteiger partial charge >= 0.3 is 0 Å². The molecule has 0 bridgehead atoms. The van der Waals surface area contributed by atoms with Gasteiger partial charge in [0.2, 0.25) is 0 Å². The quantitative estimate of drug-likeness (QED) is 0.739. The second-order valence-corrected chi connectivity index (χ2v) is 4.71. The molecule has 0 fully saturated rings. The van der Waals surface area contributed by atoms with Crippen LogP contribution in [0.5, 0.6) is 0 Å². The number of nitrogens with zero attached hydrogens (tertiary/aromatic N) is 3. The first-order chi connectivity index (χ1) is 9.66. The maximum atomic E-state index is 6.34. The van der Waals surface area contributed by atoms with Crippen molar-refractivity contribution in [1.82, 2.24) is 15.0 Å². The third-order valence-electron chi connectivity index (χ3n) is 3.40. The third kappa shape index (κ3) is 2.08. The van der Waals surface area contributed by atoms with Crippen molar-refractivity contribution in [3.63, 3.8) is 0 Å². The van der Waals surface area contributed by atoms with Gasteiger partial charge < -0.3 is 11.5 Å². The number of benzene rings is 1. The van der Waals surface area contributed by atoms with Crippen LogP contribution in [0.4, 0.5) is 5.82 Å². The topological polar surface area (TPSA) is 90.7 Å². The summed E-state index contributed by atoms with van der Waals surface area (Å²) in [7, 11) is 0. The van der Waals surface area contributed by atoms with Crippen LogP contribution < -0.4 is 11.5 Å². The zero-order chi connectivity index (χ0) is 14.1. The number of hydrogen-bond acceptors (Lipinski definition) is 5. The fourth-order valence-electron chi connectivity index (χ4n) is 2.34. The summed E-state index contributed by atoms with van der Waals surface area (Å²) < 4.78 is 0. The maximum Gasteiger partial charge on any atom is 0.128 e. The highest BCUT2D eigenvalue weighted by atomic mass is 14.8. The molecule has 4 N–H and O–H groups in total. The Morgan fingerprint density at radius 2 is 1.70 bits per heavy atom. The van der Waals surface area contributed by atoms with Gasteiger partial charge in [-0.25, -0.2) is 4.98 Å². The van der Waals surface area contributed by atoms with Crippen molar-refractivity contribution >= 4 is 16.9 Å². The van der Waals surface area contributed by atoms with Gasteiger partial charge in [0.15, 0.2) is 0 Å². The first-order valence-electron chi connectivity index (χ1n) is 6.34. The summed E-state index contributed by atoms with van der Waals surface area (Å²) in [5, 5.41) is 0. The molecule has 20 heavy (non-hydrogen) atoms. The van der Waals surface area contributed by atoms with Crippen molar-refractivity contribution < 1.29 is 0 Å². The molecule has 0 saturated carbocycles. The number of anilines is 1. The predicted octanol–water partition coefficient (Wildman–Crippen LogP) is 1.96. The van der Waals surface area contributed by atoms with Gasteiger partial charge in [-0.2, -0.15) is 0 Å². The lowest BCUT2D eigenvalue weighted by molar-refractivity contribution is 0.858. The van der Waals surface area contributed by atoms with Gasteiger partial charge in [-0.1, -0.05) is 6.07 Å². The smallest absolute Gasteiger partial charge is 0.128 e. The Balaban J connectivity index is 2.10. The lowest BCUT2D eigenvalue weighted by Crippen LogP contribution is -2.16. The van der Waals surface area contributed by atoms with Gasteiger partial charge in [0.1, 0.15) is 5.82 Å². The van der Waals surface area contributed by atoms with Crippen LogP contribution in [0.25, 0.3) is 11.0 Å². The number of nitrogens with two attached hydrogens (primary N) is 2. The normalized spacial score (nSPS) is 12.5. The highest BCUT2D eigenvalue weighted by Crippen LogP contribution is 2.27. The van der Waals surface area contributed by atoms with E-state index in [0.29, 0.717) is 5.82 Å². The van der Waals surface area contributed by atoms with E-state index in [1.54, 1.807) is 18.6 Å². The molecule has 0 aliphatic heterocycles. The van der Waals surface area contributed by atoms with Crippen LogP contribution in [-0.2, 0) is 0 Å². The number of nitrogen functional groups attached to an aromatic ring is 1. The Bertz CT molecular complexity index is 749. The zero-order valence-electron chi connectivity index (χ0n) is 11.1. The molecule has 0 aliphatic rings. The fraction of sp³-hybridized carbons (Fsp3) is 0.133. The van der Waals surface area contributed by atoms with E-state index in [-0.39, 0.29) is 6.04 Å². The van der Waals surface area contributed by atoms with Crippen molar-refractivity contribution in [2.24, 2.45) is 5.73 Å². The molecular formula is C15H15N5. The molecule has 1 aromatic carbocycles. The van der Waals surface area contributed by atoms with Crippen molar-refractivity contribution in [1.29, 1.82) is 0 Å². The molecule has 0 radical (unpaired) electrons. The maximum absolute atomic E-state index is 6.34. The average molecular weight is 265 g/mol. The Morgan fingerprint density at radius 3 is 2.45 bits per heavy atom. The second-order valence-electron chi connectivity index (χ2n) is 4.71. The molecule has 2 aromatic heterocycles. The fourth-order valence-corrected chi connectivity index (χ4v) is 2.34. The van der Waals surface area contributed by atoms with Crippen molar-refractivity contribution in [2.75, 3.05) is 5.73 Å². The summed E-state index contributed by atoms with van der Waals surface area (Å²) in [6, 6.07) is 7.40. The number of fused-ring (bicyclic) bond motifs is 1. The minimum Gasteiger partial charge on any atom is -0.383 e. The van der Waals surface area contributed by atoms with Crippen LogP contribution >= 0.6 is 0 Å². The van der Waals surface area contributed by atoms with Crippen LogP contribution in [0, 0.1) is 6.92 Å². The summed E-state index contributed by atoms with van der Waals surface area (Å²) in [5.41, 5.74) is 16.8. The molecule has 100 valence electrons. The number of aromatic nitrogens is 3. The van der Waals surface area contributed by atoms with Gasteiger partial charge in [0.25, 0.3) is 0 Å². The first kappa shape index (κ1) is 12.5. The van der Waals surface area contributed by atoms with E-state index in [0.717, 1.165) is 27.7 Å². The van der Waals surface area contributed by atoms with Gasteiger partial charge in [0, 0.05) is 24.2 Å². The van der Waals surface area contributed by atoms with Crippen molar-refractivity contribution in [2.45, 2.75) is 13.0 Å². The molecule has 3 rings (SSSR count).